The molecule has 0 radical (unpaired) electrons. The molecule has 1 fully saturated rings. The first kappa shape index (κ1) is 17.9. The summed E-state index contributed by atoms with van der Waals surface area (Å²) in [5.41, 5.74) is 3.85. The molecule has 0 aromatic heterocycles. The topological polar surface area (TPSA) is 78.4 Å². The summed E-state index contributed by atoms with van der Waals surface area (Å²) in [6.45, 7) is 3.46. The van der Waals surface area contributed by atoms with Crippen molar-refractivity contribution in [2.45, 2.75) is 70.6 Å². The Morgan fingerprint density at radius 3 is 2.40 bits per heavy atom. The Kier molecular flexibility index (Phi) is 5.42. The van der Waals surface area contributed by atoms with E-state index in [1.54, 1.807) is 0 Å². The summed E-state index contributed by atoms with van der Waals surface area (Å²) in [4.78, 5) is 24.5. The molecule has 0 bridgehead atoms. The van der Waals surface area contributed by atoms with E-state index in [1.165, 1.54) is 30.9 Å². The van der Waals surface area contributed by atoms with Crippen LogP contribution in [-0.2, 0) is 22.4 Å². The smallest absolute Gasteiger partial charge is 0.245 e. The number of fused-ring (bicyclic) bond motifs is 1. The normalized spacial score (nSPS) is 20.1. The second-order valence-corrected chi connectivity index (χ2v) is 7.47. The molecule has 5 nitrogen and oxygen atoms in total. The highest BCUT2D eigenvalue weighted by Gasteiger charge is 2.34. The maximum absolute atomic E-state index is 12.5. The molecule has 2 amide bonds. The van der Waals surface area contributed by atoms with Gasteiger partial charge in [0, 0.05) is 5.92 Å². The monoisotopic (exact) mass is 344 g/mol. The summed E-state index contributed by atoms with van der Waals surface area (Å²) in [7, 11) is 0. The van der Waals surface area contributed by atoms with Gasteiger partial charge >= 0.3 is 0 Å². The third-order valence-electron chi connectivity index (χ3n) is 5.24. The van der Waals surface area contributed by atoms with Crippen LogP contribution in [-0.4, -0.2) is 29.1 Å². The van der Waals surface area contributed by atoms with Gasteiger partial charge in [0.2, 0.25) is 11.8 Å². The molecular formula is C20H28N2O3. The first-order valence-corrected chi connectivity index (χ1v) is 9.36. The van der Waals surface area contributed by atoms with Crippen molar-refractivity contribution in [3.63, 3.8) is 0 Å². The molecule has 1 aromatic rings. The third kappa shape index (κ3) is 4.40. The van der Waals surface area contributed by atoms with Crippen molar-refractivity contribution in [1.82, 2.24) is 10.6 Å². The number of aliphatic hydroxyl groups is 1. The Bertz CT molecular complexity index is 652. The van der Waals surface area contributed by atoms with Crippen molar-refractivity contribution in [3.05, 3.63) is 34.9 Å². The van der Waals surface area contributed by atoms with Gasteiger partial charge in [0.05, 0.1) is 12.1 Å². The van der Waals surface area contributed by atoms with Crippen LogP contribution in [0.5, 0.6) is 0 Å². The van der Waals surface area contributed by atoms with E-state index in [0.29, 0.717) is 0 Å². The van der Waals surface area contributed by atoms with E-state index >= 15 is 0 Å². The molecule has 0 aliphatic heterocycles. The lowest BCUT2D eigenvalue weighted by Gasteiger charge is -2.24. The molecule has 3 rings (SSSR count). The van der Waals surface area contributed by atoms with E-state index in [-0.39, 0.29) is 23.8 Å². The number of carbonyl (C=O) groups is 2. The highest BCUT2D eigenvalue weighted by Crippen LogP contribution is 2.29. The number of nitrogens with one attached hydrogen (secondary N) is 2. The molecule has 2 aliphatic rings. The van der Waals surface area contributed by atoms with Crippen LogP contribution < -0.4 is 10.6 Å². The van der Waals surface area contributed by atoms with E-state index in [4.69, 9.17) is 0 Å². The van der Waals surface area contributed by atoms with Crippen LogP contribution in [0, 0.1) is 5.92 Å². The van der Waals surface area contributed by atoms with Gasteiger partial charge in [-0.3, -0.25) is 9.59 Å². The summed E-state index contributed by atoms with van der Waals surface area (Å²) in [6.07, 6.45) is 5.49. The molecule has 25 heavy (non-hydrogen) atoms. The molecule has 2 aliphatic carbocycles. The van der Waals surface area contributed by atoms with Gasteiger partial charge in [-0.25, -0.2) is 0 Å². The molecule has 0 heterocycles. The Morgan fingerprint density at radius 1 is 1.08 bits per heavy atom. The SMILES string of the molecule is CC(NC(=O)C(NC(=O)C1CC1)C(C)O)c1ccc2c(c1)CCCC2. The van der Waals surface area contributed by atoms with Crippen LogP contribution in [0.2, 0.25) is 0 Å². The fourth-order valence-electron chi connectivity index (χ4n) is 3.43. The van der Waals surface area contributed by atoms with E-state index in [1.807, 2.05) is 6.92 Å². The minimum Gasteiger partial charge on any atom is -0.391 e. The summed E-state index contributed by atoms with van der Waals surface area (Å²) < 4.78 is 0. The quantitative estimate of drug-likeness (QED) is 0.739. The van der Waals surface area contributed by atoms with E-state index in [2.05, 4.69) is 28.8 Å². The van der Waals surface area contributed by atoms with Crippen LogP contribution >= 0.6 is 0 Å². The van der Waals surface area contributed by atoms with Crippen molar-refractivity contribution < 1.29 is 14.7 Å². The van der Waals surface area contributed by atoms with Crippen molar-refractivity contribution >= 4 is 11.8 Å². The Balaban J connectivity index is 1.64. The van der Waals surface area contributed by atoms with Crippen molar-refractivity contribution in [3.8, 4) is 0 Å². The number of benzene rings is 1. The van der Waals surface area contributed by atoms with E-state index in [9.17, 15) is 14.7 Å². The minimum absolute atomic E-state index is 0.00659. The maximum atomic E-state index is 12.5. The zero-order valence-electron chi connectivity index (χ0n) is 15.0. The van der Waals surface area contributed by atoms with Gasteiger partial charge in [-0.1, -0.05) is 18.2 Å². The third-order valence-corrected chi connectivity index (χ3v) is 5.24. The average Bonchev–Trinajstić information content (AvgIpc) is 3.43. The second-order valence-electron chi connectivity index (χ2n) is 7.47. The van der Waals surface area contributed by atoms with Crippen molar-refractivity contribution in [1.29, 1.82) is 0 Å². The van der Waals surface area contributed by atoms with Gasteiger partial charge in [-0.2, -0.15) is 0 Å². The fourth-order valence-corrected chi connectivity index (χ4v) is 3.43. The number of hydrogen-bond acceptors (Lipinski definition) is 3. The van der Waals surface area contributed by atoms with Crippen molar-refractivity contribution in [2.75, 3.05) is 0 Å². The van der Waals surface area contributed by atoms with Gasteiger partial charge in [0.15, 0.2) is 0 Å². The van der Waals surface area contributed by atoms with Crippen LogP contribution in [0.3, 0.4) is 0 Å². The molecular weight excluding hydrogens is 316 g/mol. The number of hydrogen-bond donors (Lipinski definition) is 3. The molecule has 3 atom stereocenters. The lowest BCUT2D eigenvalue weighted by Crippen LogP contribution is -2.53. The predicted molar refractivity (Wildman–Crippen MR) is 96.0 cm³/mol. The molecule has 1 saturated carbocycles. The van der Waals surface area contributed by atoms with Crippen LogP contribution in [0.1, 0.15) is 62.3 Å². The first-order valence-electron chi connectivity index (χ1n) is 9.36. The fraction of sp³-hybridized carbons (Fsp3) is 0.600. The number of amides is 2. The lowest BCUT2D eigenvalue weighted by atomic mass is 9.89. The van der Waals surface area contributed by atoms with E-state index < -0.39 is 12.1 Å². The standard InChI is InChI=1S/C20H28N2O3/c1-12(16-10-7-14-5-3-4-6-17(14)11-16)21-20(25)18(13(2)23)22-19(24)15-8-9-15/h7,10-13,15,18,23H,3-6,8-9H2,1-2H3,(H,21,25)(H,22,24). The Labute approximate surface area is 149 Å². The zero-order valence-corrected chi connectivity index (χ0v) is 15.0. The summed E-state index contributed by atoms with van der Waals surface area (Å²) in [5.74, 6) is -0.469. The number of carbonyl (C=O) groups excluding carboxylic acids is 2. The number of rotatable bonds is 6. The highest BCUT2D eigenvalue weighted by atomic mass is 16.3. The summed E-state index contributed by atoms with van der Waals surface area (Å²) >= 11 is 0. The van der Waals surface area contributed by atoms with Gasteiger partial charge in [0.1, 0.15) is 6.04 Å². The highest BCUT2D eigenvalue weighted by molar-refractivity contribution is 5.90. The predicted octanol–water partition coefficient (Wildman–Crippen LogP) is 2.02. The van der Waals surface area contributed by atoms with Gasteiger partial charge in [-0.15, -0.1) is 0 Å². The second kappa shape index (κ2) is 7.56. The number of aliphatic hydroxyl groups excluding tert-OH is 1. The number of aryl methyl sites for hydroxylation is 2. The molecule has 3 unspecified atom stereocenters. The molecule has 0 spiro atoms. The van der Waals surface area contributed by atoms with Gasteiger partial charge in [0.25, 0.3) is 0 Å². The van der Waals surface area contributed by atoms with E-state index in [0.717, 1.165) is 31.2 Å². The summed E-state index contributed by atoms with van der Waals surface area (Å²) in [6, 6.07) is 5.33. The van der Waals surface area contributed by atoms with Gasteiger partial charge in [-0.05, 0) is 69.1 Å². The molecule has 5 heteroatoms. The zero-order chi connectivity index (χ0) is 18.0. The summed E-state index contributed by atoms with van der Waals surface area (Å²) in [5, 5.41) is 15.5. The molecule has 136 valence electrons. The lowest BCUT2D eigenvalue weighted by molar-refractivity contribution is -0.132. The minimum atomic E-state index is -0.932. The van der Waals surface area contributed by atoms with Crippen LogP contribution in [0.25, 0.3) is 0 Å². The first-order chi connectivity index (χ1) is 12.0. The Hall–Kier alpha value is -1.88. The van der Waals surface area contributed by atoms with Gasteiger partial charge < -0.3 is 15.7 Å². The average molecular weight is 344 g/mol. The molecule has 0 saturated heterocycles. The van der Waals surface area contributed by atoms with Crippen molar-refractivity contribution in [2.24, 2.45) is 5.92 Å². The Morgan fingerprint density at radius 2 is 1.76 bits per heavy atom. The molecule has 1 aromatic carbocycles. The largest absolute Gasteiger partial charge is 0.391 e. The van der Waals surface area contributed by atoms with Crippen LogP contribution in [0.4, 0.5) is 0 Å². The van der Waals surface area contributed by atoms with Crippen LogP contribution in [0.15, 0.2) is 18.2 Å². The maximum Gasteiger partial charge on any atom is 0.245 e. The molecule has 3 N–H and O–H groups in total.